The van der Waals surface area contributed by atoms with Crippen LogP contribution in [0.3, 0.4) is 0 Å². The van der Waals surface area contributed by atoms with Crippen LogP contribution >= 0.6 is 0 Å². The molecule has 0 saturated heterocycles. The summed E-state index contributed by atoms with van der Waals surface area (Å²) in [5.41, 5.74) is 0.846. The van der Waals surface area contributed by atoms with Gasteiger partial charge in [0.15, 0.2) is 0 Å². The van der Waals surface area contributed by atoms with Crippen LogP contribution < -0.4 is 5.32 Å². The van der Waals surface area contributed by atoms with Crippen LogP contribution in [0.4, 0.5) is 4.79 Å². The highest BCUT2D eigenvalue weighted by molar-refractivity contribution is 5.94. The molecule has 105 valence electrons. The van der Waals surface area contributed by atoms with Crippen molar-refractivity contribution in [2.45, 2.75) is 0 Å². The highest BCUT2D eigenvalue weighted by Gasteiger charge is 2.19. The third-order valence-electron chi connectivity index (χ3n) is 2.56. The molecule has 0 aliphatic carbocycles. The Labute approximate surface area is 117 Å². The first kappa shape index (κ1) is 15.4. The number of nitrogens with zero attached hydrogens (tertiary/aromatic N) is 2. The molecule has 6 heteroatoms. The van der Waals surface area contributed by atoms with Crippen molar-refractivity contribution < 1.29 is 14.4 Å². The molecule has 0 spiro atoms. The van der Waals surface area contributed by atoms with Crippen molar-refractivity contribution in [2.75, 3.05) is 20.6 Å². The molecule has 1 aromatic carbocycles. The summed E-state index contributed by atoms with van der Waals surface area (Å²) in [5, 5.41) is 4.39. The van der Waals surface area contributed by atoms with Gasteiger partial charge < -0.3 is 5.32 Å². The summed E-state index contributed by atoms with van der Waals surface area (Å²) in [5.74, 6) is -0.483. The summed E-state index contributed by atoms with van der Waals surface area (Å²) < 4.78 is 0. The Morgan fingerprint density at radius 2 is 1.95 bits per heavy atom. The van der Waals surface area contributed by atoms with Crippen molar-refractivity contribution >= 4 is 24.3 Å². The van der Waals surface area contributed by atoms with E-state index in [0.717, 1.165) is 15.6 Å². The highest BCUT2D eigenvalue weighted by atomic mass is 16.2. The minimum atomic E-state index is -0.498. The molecule has 0 bridgehead atoms. The third kappa shape index (κ3) is 4.24. The van der Waals surface area contributed by atoms with Gasteiger partial charge in [0.25, 0.3) is 5.91 Å². The first-order valence-corrected chi connectivity index (χ1v) is 5.95. The highest BCUT2D eigenvalue weighted by Crippen LogP contribution is 2.03. The zero-order chi connectivity index (χ0) is 15.0. The van der Waals surface area contributed by atoms with Crippen LogP contribution in [-0.2, 0) is 9.59 Å². The van der Waals surface area contributed by atoms with Crippen molar-refractivity contribution in [3.63, 3.8) is 0 Å². The van der Waals surface area contributed by atoms with E-state index in [4.69, 9.17) is 0 Å². The summed E-state index contributed by atoms with van der Waals surface area (Å²) in [6.45, 7) is -0.318. The van der Waals surface area contributed by atoms with Crippen molar-refractivity contribution in [2.24, 2.45) is 0 Å². The average molecular weight is 274 g/mol. The van der Waals surface area contributed by atoms with Gasteiger partial charge in [-0.2, -0.15) is 0 Å². The van der Waals surface area contributed by atoms with E-state index in [1.165, 1.54) is 20.2 Å². The van der Waals surface area contributed by atoms with Crippen LogP contribution in [-0.4, -0.2) is 48.9 Å². The maximum absolute atomic E-state index is 12.0. The molecule has 6 nitrogen and oxygen atoms in total. The smallest absolute Gasteiger partial charge is 0.335 e. The van der Waals surface area contributed by atoms with E-state index in [0.29, 0.717) is 0 Å². The number of benzene rings is 1. The van der Waals surface area contributed by atoms with E-state index in [1.54, 1.807) is 12.4 Å². The fourth-order valence-electron chi connectivity index (χ4n) is 1.48. The number of hydrogen-bond acceptors (Lipinski definition) is 3. The van der Waals surface area contributed by atoms with E-state index in [9.17, 15) is 14.4 Å². The summed E-state index contributed by atoms with van der Waals surface area (Å²) >= 11 is 0. The van der Waals surface area contributed by atoms with Gasteiger partial charge in [-0.15, -0.1) is 0 Å². The molecule has 1 N–H and O–H groups in total. The standard InChI is InChI=1S/C14H16N3O3/c1-15-14(20)16(2)17(10-11-18)13(19)9-8-12-6-4-3-5-7-12/h3-9H,10H2,1-2H3,(H,15,20)/b9-8+. The predicted molar refractivity (Wildman–Crippen MR) is 75.1 cm³/mol. The largest absolute Gasteiger partial charge is 0.340 e. The molecule has 0 fully saturated rings. The summed E-state index contributed by atoms with van der Waals surface area (Å²) in [4.78, 5) is 34.0. The Morgan fingerprint density at radius 1 is 1.30 bits per heavy atom. The lowest BCUT2D eigenvalue weighted by Crippen LogP contribution is -2.50. The molecule has 0 atom stereocenters. The number of hydrogen-bond donors (Lipinski definition) is 1. The fraction of sp³-hybridized carbons (Fsp3) is 0.214. The van der Waals surface area contributed by atoms with Gasteiger partial charge in [0.05, 0.1) is 0 Å². The van der Waals surface area contributed by atoms with Gasteiger partial charge in [0, 0.05) is 20.2 Å². The summed E-state index contributed by atoms with van der Waals surface area (Å²) in [6, 6.07) is 8.73. The fourth-order valence-corrected chi connectivity index (χ4v) is 1.48. The minimum Gasteiger partial charge on any atom is -0.340 e. The first-order valence-electron chi connectivity index (χ1n) is 5.95. The maximum Gasteiger partial charge on any atom is 0.335 e. The Hall–Kier alpha value is -2.63. The lowest BCUT2D eigenvalue weighted by molar-refractivity contribution is -0.135. The van der Waals surface area contributed by atoms with E-state index in [1.807, 2.05) is 30.3 Å². The second kappa shape index (κ2) is 7.73. The van der Waals surface area contributed by atoms with Crippen molar-refractivity contribution in [1.82, 2.24) is 15.3 Å². The molecule has 0 aliphatic heterocycles. The molecular formula is C14H16N3O3. The number of rotatable bonds is 4. The Bertz CT molecular complexity index is 500. The van der Waals surface area contributed by atoms with Gasteiger partial charge in [-0.1, -0.05) is 30.3 Å². The monoisotopic (exact) mass is 274 g/mol. The van der Waals surface area contributed by atoms with Crippen LogP contribution in [0.1, 0.15) is 5.56 Å². The maximum atomic E-state index is 12.0. The summed E-state index contributed by atoms with van der Waals surface area (Å²) in [7, 11) is 2.83. The van der Waals surface area contributed by atoms with Gasteiger partial charge in [0.1, 0.15) is 6.54 Å². The zero-order valence-corrected chi connectivity index (χ0v) is 11.4. The van der Waals surface area contributed by atoms with Crippen LogP contribution in [0.5, 0.6) is 0 Å². The average Bonchev–Trinajstić information content (AvgIpc) is 2.49. The van der Waals surface area contributed by atoms with E-state index < -0.39 is 11.9 Å². The van der Waals surface area contributed by atoms with Crippen LogP contribution in [0.2, 0.25) is 0 Å². The molecule has 0 heterocycles. The van der Waals surface area contributed by atoms with Gasteiger partial charge in [0.2, 0.25) is 6.29 Å². The number of nitrogens with one attached hydrogen (secondary N) is 1. The molecule has 0 aliphatic rings. The number of carbonyl (C=O) groups is 2. The van der Waals surface area contributed by atoms with Crippen LogP contribution in [0.25, 0.3) is 6.08 Å². The first-order chi connectivity index (χ1) is 9.60. The third-order valence-corrected chi connectivity index (χ3v) is 2.56. The zero-order valence-electron chi connectivity index (χ0n) is 11.4. The van der Waals surface area contributed by atoms with Crippen molar-refractivity contribution in [3.8, 4) is 0 Å². The van der Waals surface area contributed by atoms with Gasteiger partial charge in [-0.25, -0.2) is 14.8 Å². The second-order valence-electron chi connectivity index (χ2n) is 3.86. The van der Waals surface area contributed by atoms with Gasteiger partial charge in [-0.3, -0.25) is 9.59 Å². The molecule has 1 radical (unpaired) electrons. The molecule has 20 heavy (non-hydrogen) atoms. The minimum absolute atomic E-state index is 0.318. The lowest BCUT2D eigenvalue weighted by atomic mass is 10.2. The lowest BCUT2D eigenvalue weighted by Gasteiger charge is -2.28. The Kier molecular flexibility index (Phi) is 5.96. The van der Waals surface area contributed by atoms with E-state index in [-0.39, 0.29) is 6.54 Å². The normalized spacial score (nSPS) is 10.1. The number of amides is 3. The molecule has 0 saturated carbocycles. The SMILES string of the molecule is CNC(=O)N(C)N(C[C]=O)C(=O)/C=C/c1ccccc1. The molecule has 1 aromatic rings. The topological polar surface area (TPSA) is 69.7 Å². The number of carbonyl (C=O) groups excluding carboxylic acids is 3. The molecule has 0 unspecified atom stereocenters. The van der Waals surface area contributed by atoms with Crippen LogP contribution in [0, 0.1) is 0 Å². The van der Waals surface area contributed by atoms with E-state index in [2.05, 4.69) is 5.32 Å². The number of hydrazine groups is 1. The van der Waals surface area contributed by atoms with Gasteiger partial charge in [-0.05, 0) is 11.6 Å². The Balaban J connectivity index is 2.81. The van der Waals surface area contributed by atoms with Crippen molar-refractivity contribution in [1.29, 1.82) is 0 Å². The molecule has 3 amide bonds. The molecule has 0 aromatic heterocycles. The van der Waals surface area contributed by atoms with Crippen molar-refractivity contribution in [3.05, 3.63) is 42.0 Å². The number of urea groups is 1. The second-order valence-corrected chi connectivity index (χ2v) is 3.86. The van der Waals surface area contributed by atoms with Gasteiger partial charge >= 0.3 is 6.03 Å². The predicted octanol–water partition coefficient (Wildman–Crippen LogP) is 0.824. The molecule has 1 rings (SSSR count). The van der Waals surface area contributed by atoms with E-state index >= 15 is 0 Å². The molecular weight excluding hydrogens is 258 g/mol. The Morgan fingerprint density at radius 3 is 2.50 bits per heavy atom. The summed E-state index contributed by atoms with van der Waals surface area (Å²) in [6.07, 6.45) is 4.51. The quantitative estimate of drug-likeness (QED) is 0.653. The van der Waals surface area contributed by atoms with Crippen LogP contribution in [0.15, 0.2) is 36.4 Å².